The maximum Gasteiger partial charge on any atom is 0.258 e. The predicted octanol–water partition coefficient (Wildman–Crippen LogP) is 1.22. The Morgan fingerprint density at radius 3 is 2.43 bits per heavy atom. The van der Waals surface area contributed by atoms with E-state index in [1.54, 1.807) is 0 Å². The average molecular weight is 416 g/mol. The van der Waals surface area contributed by atoms with Crippen LogP contribution in [-0.2, 0) is 6.54 Å². The molecule has 0 unspecified atom stereocenters. The second-order valence-electron chi connectivity index (χ2n) is 6.97. The quantitative estimate of drug-likeness (QED) is 0.660. The highest BCUT2D eigenvalue weighted by Gasteiger charge is 2.24. The van der Waals surface area contributed by atoms with Gasteiger partial charge in [-0.2, -0.15) is 5.26 Å². The van der Waals surface area contributed by atoms with Crippen molar-refractivity contribution in [1.82, 2.24) is 14.9 Å². The average Bonchev–Trinajstić information content (AvgIpc) is 2.66. The summed E-state index contributed by atoms with van der Waals surface area (Å²) in [5.74, 6) is -2.44. The minimum absolute atomic E-state index is 0. The van der Waals surface area contributed by atoms with E-state index in [4.69, 9.17) is 5.26 Å². The van der Waals surface area contributed by atoms with E-state index in [2.05, 4.69) is 10.3 Å². The van der Waals surface area contributed by atoms with E-state index in [0.29, 0.717) is 0 Å². The maximum atomic E-state index is 14.1. The van der Waals surface area contributed by atoms with Crippen molar-refractivity contribution >= 4 is 16.9 Å². The number of H-pyrrole nitrogens is 1. The lowest BCUT2D eigenvalue weighted by Gasteiger charge is -2.18. The van der Waals surface area contributed by atoms with Gasteiger partial charge in [0.25, 0.3) is 5.91 Å². The number of pyridine rings is 2. The molecule has 0 atom stereocenters. The van der Waals surface area contributed by atoms with E-state index in [-0.39, 0.29) is 34.2 Å². The van der Waals surface area contributed by atoms with E-state index in [9.17, 15) is 23.2 Å². The van der Waals surface area contributed by atoms with Gasteiger partial charge in [-0.1, -0.05) is 6.07 Å². The number of hydrogen-bond donors (Lipinski definition) is 2. The van der Waals surface area contributed by atoms with E-state index in [1.165, 1.54) is 30.5 Å². The number of fused-ring (bicyclic) bond motifs is 1. The Morgan fingerprint density at radius 2 is 1.83 bits per heavy atom. The third-order valence-electron chi connectivity index (χ3n) is 4.30. The number of amides is 1. The molecule has 0 saturated heterocycles. The van der Waals surface area contributed by atoms with Crippen molar-refractivity contribution in [2.45, 2.75) is 25.9 Å². The molecule has 0 saturated carbocycles. The summed E-state index contributed by atoms with van der Waals surface area (Å²) < 4.78 is 29.5. The molecule has 3 rings (SSSR count). The van der Waals surface area contributed by atoms with Crippen LogP contribution in [0.3, 0.4) is 0 Å². The minimum Gasteiger partial charge on any atom is -0.412 e. The number of nitrogens with one attached hydrogen (secondary N) is 2. The van der Waals surface area contributed by atoms with Crippen molar-refractivity contribution in [3.05, 3.63) is 79.9 Å². The fraction of sp³-hybridized carbons (Fsp3) is 0.200. The molecular weight excluding hydrogens is 398 g/mol. The van der Waals surface area contributed by atoms with Gasteiger partial charge in [0.2, 0.25) is 11.0 Å². The van der Waals surface area contributed by atoms with Crippen LogP contribution in [0, 0.1) is 23.0 Å². The summed E-state index contributed by atoms with van der Waals surface area (Å²) >= 11 is 0. The largest absolute Gasteiger partial charge is 0.412 e. The summed E-state index contributed by atoms with van der Waals surface area (Å²) in [6.07, 6.45) is 1.15. The van der Waals surface area contributed by atoms with E-state index in [1.807, 2.05) is 6.07 Å². The number of nitriles is 1. The molecule has 4 N–H and O–H groups in total. The second kappa shape index (κ2) is 8.26. The monoisotopic (exact) mass is 416 g/mol. The molecule has 3 aromatic rings. The van der Waals surface area contributed by atoms with Crippen LogP contribution in [-0.4, -0.2) is 26.5 Å². The lowest BCUT2D eigenvalue weighted by molar-refractivity contribution is 0.0927. The zero-order valence-electron chi connectivity index (χ0n) is 16.0. The molecule has 0 spiro atoms. The molecule has 1 aromatic carbocycles. The molecule has 10 heteroatoms. The van der Waals surface area contributed by atoms with Gasteiger partial charge in [-0.3, -0.25) is 14.4 Å². The Balaban J connectivity index is 0.00000320. The van der Waals surface area contributed by atoms with Crippen LogP contribution in [0.1, 0.15) is 29.8 Å². The van der Waals surface area contributed by atoms with Gasteiger partial charge in [-0.25, -0.2) is 8.78 Å². The fourth-order valence-corrected chi connectivity index (χ4v) is 2.82. The number of carbonyl (C=O) groups excluding carboxylic acids is 1. The Morgan fingerprint density at radius 1 is 1.20 bits per heavy atom. The summed E-state index contributed by atoms with van der Waals surface area (Å²) in [4.78, 5) is 39.4. The van der Waals surface area contributed by atoms with Crippen LogP contribution < -0.4 is 16.3 Å². The van der Waals surface area contributed by atoms with Crippen LogP contribution in [0.25, 0.3) is 11.0 Å². The molecule has 30 heavy (non-hydrogen) atoms. The number of benzene rings is 1. The fourth-order valence-electron chi connectivity index (χ4n) is 2.82. The van der Waals surface area contributed by atoms with Gasteiger partial charge < -0.3 is 20.3 Å². The first kappa shape index (κ1) is 22.4. The third-order valence-corrected chi connectivity index (χ3v) is 4.30. The summed E-state index contributed by atoms with van der Waals surface area (Å²) in [5.41, 5.74) is -3.25. The van der Waals surface area contributed by atoms with Crippen LogP contribution in [0.15, 0.2) is 46.1 Å². The zero-order chi connectivity index (χ0) is 21.3. The van der Waals surface area contributed by atoms with E-state index < -0.39 is 34.1 Å². The number of carbonyl (C=O) groups is 1. The van der Waals surface area contributed by atoms with Crippen LogP contribution >= 0.6 is 0 Å². The molecule has 0 fully saturated rings. The van der Waals surface area contributed by atoms with Gasteiger partial charge in [0.1, 0.15) is 28.3 Å². The highest BCUT2D eigenvalue weighted by Crippen LogP contribution is 2.17. The van der Waals surface area contributed by atoms with Crippen molar-refractivity contribution in [3.8, 4) is 6.07 Å². The Hall–Kier alpha value is -3.84. The molecule has 0 aliphatic heterocycles. The number of nitrogens with zero attached hydrogens (tertiary/aromatic N) is 2. The predicted molar refractivity (Wildman–Crippen MR) is 105 cm³/mol. The van der Waals surface area contributed by atoms with Crippen molar-refractivity contribution < 1.29 is 19.1 Å². The maximum absolute atomic E-state index is 14.1. The normalized spacial score (nSPS) is 10.9. The number of aromatic nitrogens is 2. The molecule has 156 valence electrons. The van der Waals surface area contributed by atoms with Gasteiger partial charge in [0, 0.05) is 17.8 Å². The molecule has 1 amide bonds. The highest BCUT2D eigenvalue weighted by molar-refractivity contribution is 5.97. The molecule has 0 aliphatic rings. The molecule has 0 bridgehead atoms. The Bertz CT molecular complexity index is 1270. The van der Waals surface area contributed by atoms with Crippen molar-refractivity contribution in [2.75, 3.05) is 0 Å². The van der Waals surface area contributed by atoms with Crippen molar-refractivity contribution in [3.63, 3.8) is 0 Å². The molecule has 8 nitrogen and oxygen atoms in total. The molecule has 2 aromatic heterocycles. The number of halogens is 2. The van der Waals surface area contributed by atoms with Crippen molar-refractivity contribution in [1.29, 1.82) is 5.26 Å². The van der Waals surface area contributed by atoms with Gasteiger partial charge in [0.15, 0.2) is 0 Å². The topological polar surface area (TPSA) is 139 Å². The van der Waals surface area contributed by atoms with Gasteiger partial charge >= 0.3 is 0 Å². The molecule has 0 aliphatic carbocycles. The minimum atomic E-state index is -1.26. The smallest absolute Gasteiger partial charge is 0.258 e. The van der Waals surface area contributed by atoms with Crippen LogP contribution in [0.4, 0.5) is 8.78 Å². The number of rotatable bonds is 4. The molecular formula is C20H18F2N4O4. The second-order valence-corrected chi connectivity index (χ2v) is 6.97. The first-order valence-electron chi connectivity index (χ1n) is 8.56. The highest BCUT2D eigenvalue weighted by atomic mass is 19.1. The number of aromatic amines is 1. The van der Waals surface area contributed by atoms with Gasteiger partial charge in [0.05, 0.1) is 18.1 Å². The third kappa shape index (κ3) is 4.26. The summed E-state index contributed by atoms with van der Waals surface area (Å²) in [7, 11) is 0. The molecule has 2 heterocycles. The molecule has 0 radical (unpaired) electrons. The Labute approximate surface area is 168 Å². The van der Waals surface area contributed by atoms with E-state index in [0.717, 1.165) is 24.4 Å². The van der Waals surface area contributed by atoms with Gasteiger partial charge in [-0.15, -0.1) is 0 Å². The van der Waals surface area contributed by atoms with Crippen molar-refractivity contribution in [2.24, 2.45) is 0 Å². The number of hydrogen-bond acceptors (Lipinski definition) is 4. The zero-order valence-corrected chi connectivity index (χ0v) is 16.0. The van der Waals surface area contributed by atoms with Crippen LogP contribution in [0.2, 0.25) is 0 Å². The van der Waals surface area contributed by atoms with Crippen LogP contribution in [0.5, 0.6) is 0 Å². The summed E-state index contributed by atoms with van der Waals surface area (Å²) in [6, 6.07) is 7.77. The van der Waals surface area contributed by atoms with Gasteiger partial charge in [-0.05, 0) is 32.0 Å². The lowest BCUT2D eigenvalue weighted by atomic mass is 10.1. The summed E-state index contributed by atoms with van der Waals surface area (Å²) in [5, 5.41) is 11.5. The van der Waals surface area contributed by atoms with E-state index >= 15 is 0 Å². The lowest BCUT2D eigenvalue weighted by Crippen LogP contribution is -2.44. The first-order chi connectivity index (χ1) is 13.6. The Kier molecular flexibility index (Phi) is 6.18. The standard InChI is InChI=1S/C20H16F2N4O3.H2O/c1-20(2,10-23)25-19(29)12-9-26(8-11-13(21)4-3-5-14(11)22)15-6-7-16(27)24-17(15)18(12)28;/h3-7,9H,8H2,1-2H3,(H,24,27)(H,25,29);1H2. The summed E-state index contributed by atoms with van der Waals surface area (Å²) in [6.45, 7) is 2.56. The SMILES string of the molecule is CC(C)(C#N)NC(=O)c1cn(Cc2c(F)cccc2F)c2ccc(=O)[nH]c2c1=O.O. The first-order valence-corrected chi connectivity index (χ1v) is 8.56.